The number of aliphatic hydroxyl groups excluding tert-OH is 1. The lowest BCUT2D eigenvalue weighted by Gasteiger charge is -2.24. The first kappa shape index (κ1) is 14.3. The number of hydrogen-bond acceptors (Lipinski definition) is 3. The van der Waals surface area contributed by atoms with Crippen molar-refractivity contribution in [3.05, 3.63) is 0 Å². The summed E-state index contributed by atoms with van der Waals surface area (Å²) in [5, 5.41) is 8.85. The molecule has 1 heterocycles. The number of rotatable bonds is 7. The molecule has 0 radical (unpaired) electrons. The SMILES string of the molecule is CCN(CCCO)C(=O)C1CC(=O)N(CC2CC2)C1. The Morgan fingerprint density at radius 1 is 1.47 bits per heavy atom. The van der Waals surface area contributed by atoms with Gasteiger partial charge in [0, 0.05) is 39.2 Å². The fraction of sp³-hybridized carbons (Fsp3) is 0.857. The minimum Gasteiger partial charge on any atom is -0.396 e. The van der Waals surface area contributed by atoms with E-state index in [4.69, 9.17) is 5.11 Å². The van der Waals surface area contributed by atoms with E-state index < -0.39 is 0 Å². The molecule has 1 saturated carbocycles. The molecule has 1 atom stereocenters. The first-order valence-corrected chi connectivity index (χ1v) is 7.33. The number of amides is 2. The van der Waals surface area contributed by atoms with E-state index in [1.54, 1.807) is 4.90 Å². The van der Waals surface area contributed by atoms with Gasteiger partial charge in [-0.3, -0.25) is 9.59 Å². The second kappa shape index (κ2) is 6.37. The first-order valence-electron chi connectivity index (χ1n) is 7.33. The standard InChI is InChI=1S/C14H24N2O3/c1-2-15(6-3-7-17)14(19)12-8-13(18)16(10-12)9-11-4-5-11/h11-12,17H,2-10H2,1H3. The number of nitrogens with zero attached hydrogens (tertiary/aromatic N) is 2. The van der Waals surface area contributed by atoms with Crippen LogP contribution in [0.4, 0.5) is 0 Å². The topological polar surface area (TPSA) is 60.9 Å². The molecule has 0 bridgehead atoms. The average Bonchev–Trinajstić information content (AvgIpc) is 3.14. The van der Waals surface area contributed by atoms with Gasteiger partial charge in [-0.2, -0.15) is 0 Å². The van der Waals surface area contributed by atoms with E-state index in [-0.39, 0.29) is 24.3 Å². The molecule has 0 aromatic carbocycles. The zero-order valence-corrected chi connectivity index (χ0v) is 11.7. The van der Waals surface area contributed by atoms with Crippen LogP contribution in [0.15, 0.2) is 0 Å². The largest absolute Gasteiger partial charge is 0.396 e. The number of likely N-dealkylation sites (tertiary alicyclic amines) is 1. The molecule has 108 valence electrons. The zero-order valence-electron chi connectivity index (χ0n) is 11.7. The number of carbonyl (C=O) groups is 2. The highest BCUT2D eigenvalue weighted by molar-refractivity contribution is 5.89. The number of carbonyl (C=O) groups excluding carboxylic acids is 2. The Labute approximate surface area is 114 Å². The summed E-state index contributed by atoms with van der Waals surface area (Å²) in [4.78, 5) is 27.9. The van der Waals surface area contributed by atoms with E-state index in [2.05, 4.69) is 0 Å². The molecule has 0 aromatic rings. The van der Waals surface area contributed by atoms with Crippen molar-refractivity contribution < 1.29 is 14.7 Å². The Morgan fingerprint density at radius 2 is 2.21 bits per heavy atom. The molecule has 1 unspecified atom stereocenters. The fourth-order valence-corrected chi connectivity index (χ4v) is 2.67. The highest BCUT2D eigenvalue weighted by Crippen LogP contribution is 2.32. The highest BCUT2D eigenvalue weighted by atomic mass is 16.3. The van der Waals surface area contributed by atoms with Crippen LogP contribution in [0.25, 0.3) is 0 Å². The van der Waals surface area contributed by atoms with Crippen LogP contribution in [-0.2, 0) is 9.59 Å². The second-order valence-corrected chi connectivity index (χ2v) is 5.64. The lowest BCUT2D eigenvalue weighted by atomic mass is 10.1. The third kappa shape index (κ3) is 3.69. The molecule has 1 aliphatic carbocycles. The normalized spacial score (nSPS) is 22.9. The van der Waals surface area contributed by atoms with Crippen LogP contribution >= 0.6 is 0 Å². The van der Waals surface area contributed by atoms with Gasteiger partial charge in [-0.25, -0.2) is 0 Å². The van der Waals surface area contributed by atoms with Crippen LogP contribution in [0.5, 0.6) is 0 Å². The molecular formula is C14H24N2O3. The second-order valence-electron chi connectivity index (χ2n) is 5.64. The average molecular weight is 268 g/mol. The molecule has 2 fully saturated rings. The maximum atomic E-state index is 12.3. The molecule has 2 aliphatic rings. The van der Waals surface area contributed by atoms with E-state index in [9.17, 15) is 9.59 Å². The van der Waals surface area contributed by atoms with Crippen molar-refractivity contribution in [2.24, 2.45) is 11.8 Å². The van der Waals surface area contributed by atoms with Gasteiger partial charge in [-0.15, -0.1) is 0 Å². The minimum absolute atomic E-state index is 0.0718. The summed E-state index contributed by atoms with van der Waals surface area (Å²) in [5.41, 5.74) is 0. The summed E-state index contributed by atoms with van der Waals surface area (Å²) in [6, 6.07) is 0. The third-order valence-electron chi connectivity index (χ3n) is 4.02. The van der Waals surface area contributed by atoms with Crippen LogP contribution < -0.4 is 0 Å². The van der Waals surface area contributed by atoms with Gasteiger partial charge in [-0.1, -0.05) is 0 Å². The van der Waals surface area contributed by atoms with E-state index in [1.807, 2.05) is 11.8 Å². The summed E-state index contributed by atoms with van der Waals surface area (Å²) < 4.78 is 0. The van der Waals surface area contributed by atoms with E-state index in [1.165, 1.54) is 12.8 Å². The van der Waals surface area contributed by atoms with Crippen molar-refractivity contribution in [3.8, 4) is 0 Å². The van der Waals surface area contributed by atoms with Gasteiger partial charge in [0.15, 0.2) is 0 Å². The molecule has 1 saturated heterocycles. The summed E-state index contributed by atoms with van der Waals surface area (Å²) in [6.07, 6.45) is 3.41. The first-order chi connectivity index (χ1) is 9.15. The van der Waals surface area contributed by atoms with Crippen molar-refractivity contribution in [3.63, 3.8) is 0 Å². The van der Waals surface area contributed by atoms with E-state index >= 15 is 0 Å². The molecule has 1 aliphatic heterocycles. The minimum atomic E-state index is -0.176. The zero-order chi connectivity index (χ0) is 13.8. The molecule has 19 heavy (non-hydrogen) atoms. The molecule has 5 nitrogen and oxygen atoms in total. The lowest BCUT2D eigenvalue weighted by Crippen LogP contribution is -2.38. The summed E-state index contributed by atoms with van der Waals surface area (Å²) in [5.74, 6) is 0.699. The Morgan fingerprint density at radius 3 is 2.79 bits per heavy atom. The van der Waals surface area contributed by atoms with Crippen molar-refractivity contribution in [1.29, 1.82) is 0 Å². The Hall–Kier alpha value is -1.10. The van der Waals surface area contributed by atoms with Crippen molar-refractivity contribution in [2.45, 2.75) is 32.6 Å². The monoisotopic (exact) mass is 268 g/mol. The Balaban J connectivity index is 1.86. The molecule has 0 spiro atoms. The van der Waals surface area contributed by atoms with Gasteiger partial charge >= 0.3 is 0 Å². The Kier molecular flexibility index (Phi) is 4.80. The van der Waals surface area contributed by atoms with Gasteiger partial charge in [0.2, 0.25) is 11.8 Å². The Bertz CT molecular complexity index is 342. The quantitative estimate of drug-likeness (QED) is 0.730. The van der Waals surface area contributed by atoms with Crippen molar-refractivity contribution in [1.82, 2.24) is 9.80 Å². The lowest BCUT2D eigenvalue weighted by molar-refractivity contribution is -0.135. The van der Waals surface area contributed by atoms with E-state index in [0.717, 1.165) is 6.54 Å². The number of aliphatic hydroxyl groups is 1. The fourth-order valence-electron chi connectivity index (χ4n) is 2.67. The molecular weight excluding hydrogens is 244 g/mol. The van der Waals surface area contributed by atoms with Gasteiger partial charge in [0.1, 0.15) is 0 Å². The van der Waals surface area contributed by atoms with Crippen molar-refractivity contribution in [2.75, 3.05) is 32.8 Å². The predicted molar refractivity (Wildman–Crippen MR) is 71.4 cm³/mol. The van der Waals surface area contributed by atoms with Gasteiger partial charge < -0.3 is 14.9 Å². The summed E-state index contributed by atoms with van der Waals surface area (Å²) in [6.45, 7) is 4.69. The van der Waals surface area contributed by atoms with Crippen LogP contribution in [0.2, 0.25) is 0 Å². The van der Waals surface area contributed by atoms with Gasteiger partial charge in [-0.05, 0) is 32.1 Å². The van der Waals surface area contributed by atoms with Gasteiger partial charge in [0.05, 0.1) is 5.92 Å². The molecule has 2 rings (SSSR count). The smallest absolute Gasteiger partial charge is 0.227 e. The van der Waals surface area contributed by atoms with Crippen LogP contribution in [-0.4, -0.2) is 59.5 Å². The van der Waals surface area contributed by atoms with Gasteiger partial charge in [0.25, 0.3) is 0 Å². The van der Waals surface area contributed by atoms with Crippen molar-refractivity contribution >= 4 is 11.8 Å². The molecule has 5 heteroatoms. The number of hydrogen-bond donors (Lipinski definition) is 1. The molecule has 2 amide bonds. The van der Waals surface area contributed by atoms with Crippen LogP contribution in [0.1, 0.15) is 32.6 Å². The maximum absolute atomic E-state index is 12.3. The third-order valence-corrected chi connectivity index (χ3v) is 4.02. The molecule has 1 N–H and O–H groups in total. The highest BCUT2D eigenvalue weighted by Gasteiger charge is 2.38. The van der Waals surface area contributed by atoms with E-state index in [0.29, 0.717) is 38.4 Å². The molecule has 0 aromatic heterocycles. The van der Waals surface area contributed by atoms with Crippen LogP contribution in [0.3, 0.4) is 0 Å². The predicted octanol–water partition coefficient (Wildman–Crippen LogP) is 0.476. The summed E-state index contributed by atoms with van der Waals surface area (Å²) >= 11 is 0. The summed E-state index contributed by atoms with van der Waals surface area (Å²) in [7, 11) is 0. The maximum Gasteiger partial charge on any atom is 0.227 e. The van der Waals surface area contributed by atoms with Crippen LogP contribution in [0, 0.1) is 11.8 Å².